The van der Waals surface area contributed by atoms with Crippen LogP contribution in [0.25, 0.3) is 0 Å². The van der Waals surface area contributed by atoms with Crippen molar-refractivity contribution in [1.82, 2.24) is 0 Å². The van der Waals surface area contributed by atoms with E-state index in [-0.39, 0.29) is 11.9 Å². The number of benzene rings is 2. The summed E-state index contributed by atoms with van der Waals surface area (Å²) in [4.78, 5) is 23.4. The van der Waals surface area contributed by atoms with E-state index in [1.165, 1.54) is 69.4 Å². The van der Waals surface area contributed by atoms with Crippen molar-refractivity contribution in [3.05, 3.63) is 72.3 Å². The van der Waals surface area contributed by atoms with Crippen LogP contribution < -0.4 is 9.47 Å². The molecular formula is C33H46O5. The van der Waals surface area contributed by atoms with E-state index in [1.54, 1.807) is 12.1 Å². The third kappa shape index (κ3) is 14.0. The number of carbonyl (C=O) groups is 2. The molecule has 0 spiro atoms. The molecule has 0 aliphatic rings. The maximum Gasteiger partial charge on any atom is 0.343 e. The second kappa shape index (κ2) is 20.0. The van der Waals surface area contributed by atoms with Gasteiger partial charge in [0.2, 0.25) is 0 Å². The van der Waals surface area contributed by atoms with Gasteiger partial charge in [-0.1, -0.05) is 89.8 Å². The van der Waals surface area contributed by atoms with Crippen molar-refractivity contribution in [2.45, 2.75) is 96.8 Å². The second-order valence-electron chi connectivity index (χ2n) is 9.77. The molecule has 5 nitrogen and oxygen atoms in total. The van der Waals surface area contributed by atoms with Gasteiger partial charge in [-0.15, -0.1) is 0 Å². The van der Waals surface area contributed by atoms with E-state index < -0.39 is 0 Å². The molecule has 0 saturated heterocycles. The van der Waals surface area contributed by atoms with Gasteiger partial charge in [-0.25, -0.2) is 9.59 Å². The molecule has 2 aromatic rings. The average molecular weight is 523 g/mol. The van der Waals surface area contributed by atoms with Crippen LogP contribution >= 0.6 is 0 Å². The summed E-state index contributed by atoms with van der Waals surface area (Å²) in [6, 6.07) is 15.0. The number of carbonyl (C=O) groups excluding carboxylic acids is 2. The number of ether oxygens (including phenoxy) is 3. The fourth-order valence-electron chi connectivity index (χ4n) is 4.20. The molecule has 0 aliphatic carbocycles. The second-order valence-corrected chi connectivity index (χ2v) is 9.77. The van der Waals surface area contributed by atoms with E-state index in [2.05, 4.69) is 13.5 Å². The van der Waals surface area contributed by atoms with E-state index in [4.69, 9.17) is 14.2 Å². The van der Waals surface area contributed by atoms with Gasteiger partial charge in [-0.3, -0.25) is 0 Å². The summed E-state index contributed by atoms with van der Waals surface area (Å²) in [7, 11) is 0. The summed E-state index contributed by atoms with van der Waals surface area (Å²) in [5.74, 6) is 0.645. The zero-order chi connectivity index (χ0) is 27.3. The summed E-state index contributed by atoms with van der Waals surface area (Å²) >= 11 is 0. The molecule has 0 amide bonds. The Balaban J connectivity index is 1.51. The zero-order valence-corrected chi connectivity index (χ0v) is 23.3. The van der Waals surface area contributed by atoms with Gasteiger partial charge in [0.25, 0.3) is 0 Å². The topological polar surface area (TPSA) is 61.8 Å². The van der Waals surface area contributed by atoms with Gasteiger partial charge in [-0.2, -0.15) is 0 Å². The lowest BCUT2D eigenvalue weighted by Crippen LogP contribution is -2.08. The lowest BCUT2D eigenvalue weighted by Gasteiger charge is -2.08. The van der Waals surface area contributed by atoms with Crippen LogP contribution in [0.1, 0.15) is 106 Å². The van der Waals surface area contributed by atoms with Crippen molar-refractivity contribution in [2.75, 3.05) is 13.2 Å². The maximum absolute atomic E-state index is 12.5. The Hall–Kier alpha value is -3.08. The summed E-state index contributed by atoms with van der Waals surface area (Å²) < 4.78 is 16.3. The summed E-state index contributed by atoms with van der Waals surface area (Å²) in [5, 5.41) is 0. The number of hydrogen-bond donors (Lipinski definition) is 0. The van der Waals surface area contributed by atoms with Crippen LogP contribution in [0.2, 0.25) is 0 Å². The molecule has 0 unspecified atom stereocenters. The zero-order valence-electron chi connectivity index (χ0n) is 23.3. The maximum atomic E-state index is 12.5. The third-order valence-electron chi connectivity index (χ3n) is 6.51. The molecule has 0 fully saturated rings. The number of unbranched alkanes of at least 4 members (excludes halogenated alkanes) is 11. The molecule has 2 aromatic carbocycles. The highest BCUT2D eigenvalue weighted by Crippen LogP contribution is 2.18. The van der Waals surface area contributed by atoms with Gasteiger partial charge in [-0.05, 0) is 67.6 Å². The highest BCUT2D eigenvalue weighted by molar-refractivity contribution is 5.91. The Morgan fingerprint density at radius 3 is 1.84 bits per heavy atom. The quantitative estimate of drug-likeness (QED) is 0.0710. The Bertz CT molecular complexity index is 917. The molecule has 208 valence electrons. The molecule has 5 heteroatoms. The minimum atomic E-state index is -0.358. The Morgan fingerprint density at radius 2 is 1.24 bits per heavy atom. The lowest BCUT2D eigenvalue weighted by atomic mass is 10.1. The number of rotatable bonds is 21. The van der Waals surface area contributed by atoms with Crippen molar-refractivity contribution < 1.29 is 23.8 Å². The van der Waals surface area contributed by atoms with Crippen LogP contribution in [0, 0.1) is 0 Å². The fraction of sp³-hybridized carbons (Fsp3) is 0.515. The van der Waals surface area contributed by atoms with Crippen LogP contribution in [-0.2, 0) is 16.0 Å². The standard InChI is InChI=1S/C33H46O5/c1-3-5-6-14-17-28-18-22-31(23-19-28)38-33(35)29-20-24-30(25-21-29)36-26-15-12-10-8-7-9-11-13-16-27-37-32(34)4-2/h4,18-25H,2-3,5-17,26-27H2,1H3. The van der Waals surface area contributed by atoms with Crippen molar-refractivity contribution in [3.63, 3.8) is 0 Å². The highest BCUT2D eigenvalue weighted by Gasteiger charge is 2.09. The van der Waals surface area contributed by atoms with Gasteiger partial charge >= 0.3 is 11.9 Å². The van der Waals surface area contributed by atoms with E-state index >= 15 is 0 Å². The van der Waals surface area contributed by atoms with E-state index in [1.807, 2.05) is 36.4 Å². The summed E-state index contributed by atoms with van der Waals surface area (Å²) in [6.07, 6.45) is 17.5. The predicted octanol–water partition coefficient (Wildman–Crippen LogP) is 8.65. The molecule has 0 atom stereocenters. The van der Waals surface area contributed by atoms with Gasteiger partial charge in [0.1, 0.15) is 11.5 Å². The smallest absolute Gasteiger partial charge is 0.343 e. The largest absolute Gasteiger partial charge is 0.494 e. The molecule has 0 aliphatic heterocycles. The molecule has 38 heavy (non-hydrogen) atoms. The Morgan fingerprint density at radius 1 is 0.684 bits per heavy atom. The molecular weight excluding hydrogens is 476 g/mol. The number of hydrogen-bond acceptors (Lipinski definition) is 5. The molecule has 0 bridgehead atoms. The Kier molecular flexibility index (Phi) is 16.4. The minimum absolute atomic E-state index is 0.337. The third-order valence-corrected chi connectivity index (χ3v) is 6.51. The van der Waals surface area contributed by atoms with Crippen molar-refractivity contribution in [2.24, 2.45) is 0 Å². The number of esters is 2. The predicted molar refractivity (Wildman–Crippen MR) is 154 cm³/mol. The van der Waals surface area contributed by atoms with Gasteiger partial charge in [0.15, 0.2) is 0 Å². The number of aryl methyl sites for hydroxylation is 1. The minimum Gasteiger partial charge on any atom is -0.494 e. The van der Waals surface area contributed by atoms with Gasteiger partial charge < -0.3 is 14.2 Å². The van der Waals surface area contributed by atoms with E-state index in [0.29, 0.717) is 24.5 Å². The molecule has 0 heterocycles. The van der Waals surface area contributed by atoms with Crippen molar-refractivity contribution in [1.29, 1.82) is 0 Å². The first kappa shape index (κ1) is 31.1. The van der Waals surface area contributed by atoms with Gasteiger partial charge in [0, 0.05) is 6.08 Å². The van der Waals surface area contributed by atoms with Gasteiger partial charge in [0.05, 0.1) is 18.8 Å². The first-order chi connectivity index (χ1) is 18.6. The molecule has 0 saturated carbocycles. The molecule has 2 rings (SSSR count). The normalized spacial score (nSPS) is 10.7. The first-order valence-electron chi connectivity index (χ1n) is 14.5. The van der Waals surface area contributed by atoms with Crippen molar-refractivity contribution >= 4 is 11.9 Å². The molecule has 0 N–H and O–H groups in total. The molecule has 0 aromatic heterocycles. The fourth-order valence-corrected chi connectivity index (χ4v) is 4.20. The van der Waals surface area contributed by atoms with Crippen LogP contribution in [0.5, 0.6) is 11.5 Å². The van der Waals surface area contributed by atoms with Crippen LogP contribution in [0.3, 0.4) is 0 Å². The summed E-state index contributed by atoms with van der Waals surface area (Å²) in [5.41, 5.74) is 1.79. The Labute approximate surface area is 229 Å². The summed E-state index contributed by atoms with van der Waals surface area (Å²) in [6.45, 7) is 6.77. The van der Waals surface area contributed by atoms with Crippen molar-refractivity contribution in [3.8, 4) is 11.5 Å². The molecule has 0 radical (unpaired) electrons. The SMILES string of the molecule is C=CC(=O)OCCCCCCCCCCCOc1ccc(C(=O)Oc2ccc(CCCCCC)cc2)cc1. The first-order valence-corrected chi connectivity index (χ1v) is 14.5. The lowest BCUT2D eigenvalue weighted by molar-refractivity contribution is -0.137. The monoisotopic (exact) mass is 522 g/mol. The van der Waals surface area contributed by atoms with E-state index in [0.717, 1.165) is 37.9 Å². The highest BCUT2D eigenvalue weighted by atomic mass is 16.5. The van der Waals surface area contributed by atoms with Crippen LogP contribution in [0.15, 0.2) is 61.2 Å². The average Bonchev–Trinajstić information content (AvgIpc) is 2.94. The van der Waals surface area contributed by atoms with Crippen LogP contribution in [0.4, 0.5) is 0 Å². The van der Waals surface area contributed by atoms with E-state index in [9.17, 15) is 9.59 Å². The van der Waals surface area contributed by atoms with Crippen LogP contribution in [-0.4, -0.2) is 25.2 Å².